The van der Waals surface area contributed by atoms with Crippen molar-refractivity contribution in [2.45, 2.75) is 19.1 Å². The maximum absolute atomic E-state index is 10.8. The summed E-state index contributed by atoms with van der Waals surface area (Å²) in [5, 5.41) is 12.6. The Hall–Kier alpha value is -2.53. The highest BCUT2D eigenvalue weighted by molar-refractivity contribution is 5.81. The molecule has 1 aromatic heterocycles. The van der Waals surface area contributed by atoms with E-state index in [4.69, 9.17) is 4.74 Å². The van der Waals surface area contributed by atoms with Gasteiger partial charge in [-0.2, -0.15) is 0 Å². The first-order valence-electron chi connectivity index (χ1n) is 7.32. The number of nitrogens with one attached hydrogen (secondary N) is 1. The summed E-state index contributed by atoms with van der Waals surface area (Å²) in [5.41, 5.74) is 8.55. The van der Waals surface area contributed by atoms with Crippen LogP contribution in [0.15, 0.2) is 48.4 Å². The number of anilines is 1. The van der Waals surface area contributed by atoms with Crippen LogP contribution in [0.4, 0.5) is 5.69 Å². The predicted molar refractivity (Wildman–Crippen MR) is 84.1 cm³/mol. The lowest BCUT2D eigenvalue weighted by Crippen LogP contribution is -2.39. The Bertz CT molecular complexity index is 743. The minimum atomic E-state index is -0.719. The van der Waals surface area contributed by atoms with Crippen LogP contribution in [0.25, 0.3) is 5.57 Å². The van der Waals surface area contributed by atoms with Crippen molar-refractivity contribution in [3.63, 3.8) is 0 Å². The Balaban J connectivity index is 1.75. The minimum absolute atomic E-state index is 0.719. The number of methoxy groups -OCH3 is 1. The number of hydrogen-bond donors (Lipinski definition) is 2. The molecule has 1 aromatic carbocycles. The smallest absolute Gasteiger partial charge is 0.173 e. The van der Waals surface area contributed by atoms with Crippen LogP contribution < -0.4 is 15.2 Å². The number of rotatable bonds is 2. The Morgan fingerprint density at radius 1 is 1.23 bits per heavy atom. The van der Waals surface area contributed by atoms with Crippen LogP contribution in [-0.4, -0.2) is 23.4 Å². The van der Waals surface area contributed by atoms with Crippen molar-refractivity contribution in [3.8, 4) is 5.75 Å². The van der Waals surface area contributed by atoms with Crippen molar-refractivity contribution < 1.29 is 9.84 Å². The van der Waals surface area contributed by atoms with Crippen LogP contribution in [0.2, 0.25) is 0 Å². The molecule has 0 radical (unpaired) electrons. The van der Waals surface area contributed by atoms with Gasteiger partial charge in [0.1, 0.15) is 5.75 Å². The molecule has 1 aliphatic heterocycles. The summed E-state index contributed by atoms with van der Waals surface area (Å²) in [6.07, 6.45) is 4.58. The van der Waals surface area contributed by atoms with Crippen molar-refractivity contribution in [2.24, 2.45) is 0 Å². The van der Waals surface area contributed by atoms with E-state index < -0.39 is 6.23 Å². The summed E-state index contributed by atoms with van der Waals surface area (Å²) in [6, 6.07) is 9.81. The van der Waals surface area contributed by atoms with E-state index in [0.717, 1.165) is 41.1 Å². The van der Waals surface area contributed by atoms with E-state index in [1.807, 2.05) is 24.3 Å². The molecular formula is C17H17N3O2. The molecular weight excluding hydrogens is 278 g/mol. The number of hydrazine groups is 1. The lowest BCUT2D eigenvalue weighted by atomic mass is 9.88. The third-order valence-corrected chi connectivity index (χ3v) is 4.28. The summed E-state index contributed by atoms with van der Waals surface area (Å²) in [5.74, 6) is 0.807. The summed E-state index contributed by atoms with van der Waals surface area (Å²) in [6.45, 7) is 0. The Morgan fingerprint density at radius 2 is 2.05 bits per heavy atom. The number of aryl methyl sites for hydroxylation is 1. The summed E-state index contributed by atoms with van der Waals surface area (Å²) >= 11 is 0. The normalized spacial score (nSPS) is 19.5. The van der Waals surface area contributed by atoms with Gasteiger partial charge in [-0.15, -0.1) is 0 Å². The van der Waals surface area contributed by atoms with E-state index in [9.17, 15) is 5.11 Å². The second kappa shape index (κ2) is 5.03. The molecule has 0 amide bonds. The van der Waals surface area contributed by atoms with Gasteiger partial charge in [-0.3, -0.25) is 15.4 Å². The van der Waals surface area contributed by atoms with E-state index in [1.165, 1.54) is 5.56 Å². The van der Waals surface area contributed by atoms with Crippen molar-refractivity contribution in [3.05, 3.63) is 59.5 Å². The van der Waals surface area contributed by atoms with Gasteiger partial charge in [-0.05, 0) is 48.2 Å². The van der Waals surface area contributed by atoms with E-state index in [2.05, 4.69) is 16.5 Å². The maximum atomic E-state index is 10.8. The number of aromatic nitrogens is 1. The molecule has 4 rings (SSSR count). The molecule has 2 N–H and O–H groups in total. The quantitative estimate of drug-likeness (QED) is 0.888. The van der Waals surface area contributed by atoms with Crippen LogP contribution >= 0.6 is 0 Å². The second-order valence-corrected chi connectivity index (χ2v) is 5.48. The molecule has 2 aliphatic rings. The number of hydrogen-bond acceptors (Lipinski definition) is 5. The fourth-order valence-electron chi connectivity index (χ4n) is 3.17. The highest BCUT2D eigenvalue weighted by Gasteiger charge is 2.35. The molecule has 0 saturated heterocycles. The molecule has 1 unspecified atom stereocenters. The predicted octanol–water partition coefficient (Wildman–Crippen LogP) is 2.09. The number of benzene rings is 1. The van der Waals surface area contributed by atoms with Gasteiger partial charge in [0.25, 0.3) is 0 Å². The maximum Gasteiger partial charge on any atom is 0.173 e. The van der Waals surface area contributed by atoms with E-state index >= 15 is 0 Å². The number of aliphatic hydroxyl groups excluding tert-OH is 1. The van der Waals surface area contributed by atoms with E-state index in [-0.39, 0.29) is 0 Å². The monoisotopic (exact) mass is 295 g/mol. The zero-order valence-electron chi connectivity index (χ0n) is 12.3. The van der Waals surface area contributed by atoms with Crippen LogP contribution in [0.5, 0.6) is 5.75 Å². The third kappa shape index (κ3) is 1.94. The Morgan fingerprint density at radius 3 is 2.82 bits per heavy atom. The first-order valence-corrected chi connectivity index (χ1v) is 7.32. The van der Waals surface area contributed by atoms with Gasteiger partial charge in [-0.1, -0.05) is 6.07 Å². The second-order valence-electron chi connectivity index (χ2n) is 5.48. The topological polar surface area (TPSA) is 57.6 Å². The van der Waals surface area contributed by atoms with Crippen LogP contribution in [0.3, 0.4) is 0 Å². The molecule has 5 heteroatoms. The highest BCUT2D eigenvalue weighted by Crippen LogP contribution is 2.39. The van der Waals surface area contributed by atoms with Crippen LogP contribution in [0, 0.1) is 0 Å². The van der Waals surface area contributed by atoms with Crippen LogP contribution in [0.1, 0.15) is 17.5 Å². The molecule has 1 aliphatic carbocycles. The van der Waals surface area contributed by atoms with E-state index in [1.54, 1.807) is 24.5 Å². The minimum Gasteiger partial charge on any atom is -0.497 e. The summed E-state index contributed by atoms with van der Waals surface area (Å²) in [4.78, 5) is 4.02. The Kier molecular flexibility index (Phi) is 3.01. The number of ether oxygens (including phenoxy) is 1. The lowest BCUT2D eigenvalue weighted by Gasteiger charge is -2.24. The molecule has 1 atom stereocenters. The molecule has 112 valence electrons. The van der Waals surface area contributed by atoms with E-state index in [0.29, 0.717) is 0 Å². The van der Waals surface area contributed by atoms with Crippen LogP contribution in [-0.2, 0) is 6.42 Å². The number of pyridine rings is 1. The van der Waals surface area contributed by atoms with Crippen molar-refractivity contribution in [2.75, 3.05) is 12.1 Å². The molecule has 0 bridgehead atoms. The lowest BCUT2D eigenvalue weighted by molar-refractivity contribution is 0.226. The van der Waals surface area contributed by atoms with Crippen molar-refractivity contribution in [1.29, 1.82) is 0 Å². The number of fused-ring (bicyclic) bond motifs is 2. The van der Waals surface area contributed by atoms with Gasteiger partial charge in [0, 0.05) is 23.7 Å². The molecule has 0 saturated carbocycles. The average molecular weight is 295 g/mol. The largest absolute Gasteiger partial charge is 0.497 e. The first kappa shape index (κ1) is 13.2. The number of nitrogens with zero attached hydrogens (tertiary/aromatic N) is 2. The fourth-order valence-corrected chi connectivity index (χ4v) is 3.17. The first-order chi connectivity index (χ1) is 10.8. The summed E-state index contributed by atoms with van der Waals surface area (Å²) < 4.78 is 5.33. The van der Waals surface area contributed by atoms with Gasteiger partial charge in [0.2, 0.25) is 0 Å². The fraction of sp³-hybridized carbons (Fsp3) is 0.235. The van der Waals surface area contributed by atoms with Gasteiger partial charge in [0.05, 0.1) is 12.8 Å². The zero-order chi connectivity index (χ0) is 15.1. The average Bonchev–Trinajstić information content (AvgIpc) is 2.92. The van der Waals surface area contributed by atoms with Gasteiger partial charge in [0.15, 0.2) is 6.23 Å². The molecule has 2 heterocycles. The van der Waals surface area contributed by atoms with Crippen molar-refractivity contribution in [1.82, 2.24) is 10.4 Å². The molecule has 22 heavy (non-hydrogen) atoms. The number of aliphatic hydroxyl groups is 1. The van der Waals surface area contributed by atoms with Gasteiger partial charge < -0.3 is 9.84 Å². The zero-order valence-corrected chi connectivity index (χ0v) is 12.3. The van der Waals surface area contributed by atoms with Gasteiger partial charge >= 0.3 is 0 Å². The number of allylic oxidation sites excluding steroid dienone is 1. The SMILES string of the molecule is COc1ccc2c(c1)C1=C(CC2)NN(c2ccncc2)C1O. The summed E-state index contributed by atoms with van der Waals surface area (Å²) in [7, 11) is 1.66. The molecule has 5 nitrogen and oxygen atoms in total. The molecule has 2 aromatic rings. The third-order valence-electron chi connectivity index (χ3n) is 4.28. The molecule has 0 spiro atoms. The Labute approximate surface area is 128 Å². The van der Waals surface area contributed by atoms with Gasteiger partial charge in [-0.25, -0.2) is 0 Å². The molecule has 0 fully saturated rings. The highest BCUT2D eigenvalue weighted by atomic mass is 16.5. The van der Waals surface area contributed by atoms with Crippen molar-refractivity contribution >= 4 is 11.3 Å². The standard InChI is InChI=1S/C17H17N3O2/c1-22-13-4-2-11-3-5-15-16(14(11)10-13)17(21)20(19-15)12-6-8-18-9-7-12/h2,4,6-10,17,19,21H,3,5H2,1H3.